The number of aryl methyl sites for hydroxylation is 1. The van der Waals surface area contributed by atoms with Crippen LogP contribution in [0.1, 0.15) is 145 Å². The van der Waals surface area contributed by atoms with Crippen LogP contribution in [0.25, 0.3) is 0 Å². The first-order valence-corrected chi connectivity index (χ1v) is 16.7. The summed E-state index contributed by atoms with van der Waals surface area (Å²) in [5.74, 6) is 0.625. The molecule has 3 rings (SSSR count). The molecule has 222 valence electrons. The molecular formula is C34H52N2O3S. The SMILES string of the molecule is CCCCCCCCCCCCCCCc1cccc(OC(CC)C(=O)Nc2nc3c(s2)C(=O)CC(C)(C)C3)c1. The van der Waals surface area contributed by atoms with Crippen molar-refractivity contribution < 1.29 is 14.3 Å². The van der Waals surface area contributed by atoms with Gasteiger partial charge in [-0.3, -0.25) is 14.9 Å². The van der Waals surface area contributed by atoms with Crippen LogP contribution in [0.4, 0.5) is 5.13 Å². The maximum atomic E-state index is 13.0. The number of carbonyl (C=O) groups is 2. The molecule has 0 bridgehead atoms. The van der Waals surface area contributed by atoms with Crippen molar-refractivity contribution in [3.8, 4) is 5.75 Å². The second-order valence-corrected chi connectivity index (χ2v) is 13.4. The second-order valence-electron chi connectivity index (χ2n) is 12.4. The molecule has 0 radical (unpaired) electrons. The lowest BCUT2D eigenvalue weighted by molar-refractivity contribution is -0.122. The summed E-state index contributed by atoms with van der Waals surface area (Å²) in [6.45, 7) is 8.39. The van der Waals surface area contributed by atoms with Gasteiger partial charge in [0.2, 0.25) is 0 Å². The van der Waals surface area contributed by atoms with Crippen LogP contribution in [0.2, 0.25) is 0 Å². The number of ether oxygens (including phenoxy) is 1. The van der Waals surface area contributed by atoms with Gasteiger partial charge in [0.1, 0.15) is 5.75 Å². The van der Waals surface area contributed by atoms with Gasteiger partial charge in [0.05, 0.1) is 10.6 Å². The Morgan fingerprint density at radius 1 is 0.950 bits per heavy atom. The number of Topliss-reactive ketones (excluding diaryl/α,β-unsaturated/α-hetero) is 1. The molecule has 1 aliphatic carbocycles. The van der Waals surface area contributed by atoms with E-state index < -0.39 is 6.10 Å². The molecule has 0 fully saturated rings. The van der Waals surface area contributed by atoms with E-state index in [0.29, 0.717) is 22.9 Å². The summed E-state index contributed by atoms with van der Waals surface area (Å²) in [5, 5.41) is 3.39. The number of carbonyl (C=O) groups excluding carboxylic acids is 2. The minimum Gasteiger partial charge on any atom is -0.481 e. The predicted octanol–water partition coefficient (Wildman–Crippen LogP) is 9.73. The summed E-state index contributed by atoms with van der Waals surface area (Å²) < 4.78 is 6.11. The van der Waals surface area contributed by atoms with Crippen LogP contribution in [0.3, 0.4) is 0 Å². The van der Waals surface area contributed by atoms with Crippen LogP contribution in [-0.4, -0.2) is 22.8 Å². The van der Waals surface area contributed by atoms with Crippen molar-refractivity contribution in [2.24, 2.45) is 5.41 Å². The number of nitrogens with one attached hydrogen (secondary N) is 1. The molecule has 0 saturated carbocycles. The summed E-state index contributed by atoms with van der Waals surface area (Å²) in [4.78, 5) is 30.8. The van der Waals surface area contributed by atoms with Crippen molar-refractivity contribution in [2.45, 2.75) is 143 Å². The van der Waals surface area contributed by atoms with Gasteiger partial charge in [-0.1, -0.05) is 128 Å². The predicted molar refractivity (Wildman–Crippen MR) is 168 cm³/mol. The average molecular weight is 569 g/mol. The third kappa shape index (κ3) is 11.0. The van der Waals surface area contributed by atoms with Gasteiger partial charge in [0.15, 0.2) is 17.0 Å². The molecule has 1 amide bonds. The lowest BCUT2D eigenvalue weighted by Gasteiger charge is -2.26. The summed E-state index contributed by atoms with van der Waals surface area (Å²) in [7, 11) is 0. The lowest BCUT2D eigenvalue weighted by atomic mass is 9.78. The molecule has 1 aromatic carbocycles. The Bertz CT molecular complexity index is 1060. The van der Waals surface area contributed by atoms with Crippen molar-refractivity contribution in [3.05, 3.63) is 40.4 Å². The fourth-order valence-electron chi connectivity index (χ4n) is 5.57. The van der Waals surface area contributed by atoms with Crippen molar-refractivity contribution in [1.82, 2.24) is 4.98 Å². The van der Waals surface area contributed by atoms with Crippen molar-refractivity contribution in [1.29, 1.82) is 0 Å². The monoisotopic (exact) mass is 568 g/mol. The Morgan fingerprint density at radius 3 is 2.20 bits per heavy atom. The van der Waals surface area contributed by atoms with Gasteiger partial charge in [-0.05, 0) is 48.8 Å². The topological polar surface area (TPSA) is 68.3 Å². The van der Waals surface area contributed by atoms with Crippen LogP contribution in [0.15, 0.2) is 24.3 Å². The maximum Gasteiger partial charge on any atom is 0.267 e. The average Bonchev–Trinajstić information content (AvgIpc) is 3.31. The molecule has 40 heavy (non-hydrogen) atoms. The van der Waals surface area contributed by atoms with E-state index in [9.17, 15) is 9.59 Å². The maximum absolute atomic E-state index is 13.0. The molecule has 0 aliphatic heterocycles. The lowest BCUT2D eigenvalue weighted by Crippen LogP contribution is -2.32. The van der Waals surface area contributed by atoms with E-state index >= 15 is 0 Å². The standard InChI is InChI=1S/C34H52N2O3S/c1-5-7-8-9-10-11-12-13-14-15-16-17-18-20-26-21-19-22-27(23-26)39-30(6-2)32(38)36-33-35-28-24-34(3,4)25-29(37)31(28)40-33/h19,21-23,30H,5-18,20,24-25H2,1-4H3,(H,35,36,38). The van der Waals surface area contributed by atoms with E-state index in [1.165, 1.54) is 100 Å². The Kier molecular flexibility index (Phi) is 13.7. The number of nitrogens with zero attached hydrogens (tertiary/aromatic N) is 1. The minimum absolute atomic E-state index is 0.0908. The number of ketones is 1. The van der Waals surface area contributed by atoms with Gasteiger partial charge in [-0.25, -0.2) is 4.98 Å². The van der Waals surface area contributed by atoms with E-state index in [-0.39, 0.29) is 17.1 Å². The van der Waals surface area contributed by atoms with Crippen LogP contribution in [-0.2, 0) is 17.6 Å². The Hall–Kier alpha value is -2.21. The number of hydrogen-bond donors (Lipinski definition) is 1. The summed E-state index contributed by atoms with van der Waals surface area (Å²) in [6.07, 6.45) is 19.9. The van der Waals surface area contributed by atoms with Crippen LogP contribution in [0.5, 0.6) is 5.75 Å². The Labute approximate surface area is 246 Å². The van der Waals surface area contributed by atoms with Gasteiger partial charge in [-0.2, -0.15) is 0 Å². The third-order valence-electron chi connectivity index (χ3n) is 7.87. The molecule has 1 aromatic heterocycles. The number of thiazole rings is 1. The minimum atomic E-state index is -0.611. The smallest absolute Gasteiger partial charge is 0.267 e. The van der Waals surface area contributed by atoms with Gasteiger partial charge in [0.25, 0.3) is 5.91 Å². The highest BCUT2D eigenvalue weighted by Crippen LogP contribution is 2.38. The Morgan fingerprint density at radius 2 is 1.57 bits per heavy atom. The van der Waals surface area contributed by atoms with E-state index in [0.717, 1.165) is 24.3 Å². The number of benzene rings is 1. The number of amides is 1. The number of hydrogen-bond acceptors (Lipinski definition) is 5. The number of unbranched alkanes of at least 4 members (excludes halogenated alkanes) is 12. The molecule has 1 heterocycles. The highest BCUT2D eigenvalue weighted by Gasteiger charge is 2.34. The third-order valence-corrected chi connectivity index (χ3v) is 8.93. The number of anilines is 1. The molecule has 5 nitrogen and oxygen atoms in total. The summed E-state index contributed by atoms with van der Waals surface area (Å²) in [5.41, 5.74) is 1.97. The highest BCUT2D eigenvalue weighted by atomic mass is 32.1. The second kappa shape index (κ2) is 16.9. The van der Waals surface area contributed by atoms with Crippen LogP contribution < -0.4 is 10.1 Å². The van der Waals surface area contributed by atoms with Gasteiger partial charge < -0.3 is 4.74 Å². The van der Waals surface area contributed by atoms with Crippen LogP contribution in [0, 0.1) is 5.41 Å². The fraction of sp³-hybridized carbons (Fsp3) is 0.676. The number of rotatable bonds is 19. The van der Waals surface area contributed by atoms with Gasteiger partial charge in [-0.15, -0.1) is 0 Å². The van der Waals surface area contributed by atoms with Gasteiger partial charge in [0, 0.05) is 6.42 Å². The zero-order valence-electron chi connectivity index (χ0n) is 25.5. The molecule has 6 heteroatoms. The zero-order valence-corrected chi connectivity index (χ0v) is 26.3. The molecular weight excluding hydrogens is 516 g/mol. The quantitative estimate of drug-likeness (QED) is 0.171. The summed E-state index contributed by atoms with van der Waals surface area (Å²) in [6, 6.07) is 8.15. The molecule has 0 saturated heterocycles. The van der Waals surface area contributed by atoms with Crippen molar-refractivity contribution in [2.75, 3.05) is 5.32 Å². The largest absolute Gasteiger partial charge is 0.481 e. The normalized spacial score (nSPS) is 15.1. The molecule has 1 aliphatic rings. The summed E-state index contributed by atoms with van der Waals surface area (Å²) >= 11 is 1.28. The first-order chi connectivity index (χ1) is 19.3. The molecule has 1 atom stereocenters. The number of fused-ring (bicyclic) bond motifs is 1. The van der Waals surface area contributed by atoms with E-state index in [2.05, 4.69) is 43.2 Å². The van der Waals surface area contributed by atoms with E-state index in [1.807, 2.05) is 19.1 Å². The zero-order chi connectivity index (χ0) is 28.8. The fourth-order valence-corrected chi connectivity index (χ4v) is 6.49. The number of aromatic nitrogens is 1. The van der Waals surface area contributed by atoms with E-state index in [1.54, 1.807) is 0 Å². The molecule has 2 aromatic rings. The first-order valence-electron chi connectivity index (χ1n) is 15.9. The first kappa shape index (κ1) is 32.3. The molecule has 1 N–H and O–H groups in total. The van der Waals surface area contributed by atoms with Crippen molar-refractivity contribution in [3.63, 3.8) is 0 Å². The van der Waals surface area contributed by atoms with Gasteiger partial charge >= 0.3 is 0 Å². The highest BCUT2D eigenvalue weighted by molar-refractivity contribution is 7.17. The molecule has 0 spiro atoms. The van der Waals surface area contributed by atoms with Crippen LogP contribution >= 0.6 is 11.3 Å². The Balaban J connectivity index is 1.35. The molecule has 1 unspecified atom stereocenters. The van der Waals surface area contributed by atoms with E-state index in [4.69, 9.17) is 4.74 Å². The van der Waals surface area contributed by atoms with Crippen molar-refractivity contribution >= 4 is 28.2 Å².